The predicted molar refractivity (Wildman–Crippen MR) is 94.2 cm³/mol. The van der Waals surface area contributed by atoms with E-state index < -0.39 is 11.6 Å². The van der Waals surface area contributed by atoms with E-state index in [-0.39, 0.29) is 21.9 Å². The molecule has 0 aliphatic rings. The topological polar surface area (TPSA) is 54.6 Å². The molecule has 25 heavy (non-hydrogen) atoms. The maximum absolute atomic E-state index is 13.4. The Kier molecular flexibility index (Phi) is 3.63. The van der Waals surface area contributed by atoms with Crippen LogP contribution in [0.3, 0.4) is 0 Å². The first-order chi connectivity index (χ1) is 11.9. The third-order valence-corrected chi connectivity index (χ3v) is 4.39. The number of aromatic hydroxyl groups is 1. The van der Waals surface area contributed by atoms with Crippen molar-refractivity contribution >= 4 is 45.7 Å². The van der Waals surface area contributed by atoms with Crippen LogP contribution in [0.25, 0.3) is 16.7 Å². The van der Waals surface area contributed by atoms with Gasteiger partial charge in [0.25, 0.3) is 0 Å². The highest BCUT2D eigenvalue weighted by Crippen LogP contribution is 2.28. The van der Waals surface area contributed by atoms with E-state index in [0.29, 0.717) is 16.2 Å². The Labute approximate surface area is 151 Å². The van der Waals surface area contributed by atoms with Crippen LogP contribution in [0, 0.1) is 5.82 Å². The molecule has 124 valence electrons. The number of ketones is 1. The number of phenols is 1. The molecule has 0 spiro atoms. The number of imidazole rings is 1. The number of aromatic nitrogens is 2. The van der Waals surface area contributed by atoms with E-state index in [2.05, 4.69) is 4.98 Å². The minimum Gasteiger partial charge on any atom is -0.507 e. The van der Waals surface area contributed by atoms with Gasteiger partial charge in [-0.3, -0.25) is 9.20 Å². The number of rotatable bonds is 2. The molecule has 2 heterocycles. The number of hydrogen-bond acceptors (Lipinski definition) is 3. The van der Waals surface area contributed by atoms with Crippen LogP contribution >= 0.6 is 23.2 Å². The summed E-state index contributed by atoms with van der Waals surface area (Å²) >= 11 is 12.3. The first kappa shape index (κ1) is 15.9. The third-order valence-electron chi connectivity index (χ3n) is 3.88. The molecule has 1 N–H and O–H groups in total. The second kappa shape index (κ2) is 5.72. The Balaban J connectivity index is 1.95. The second-order valence-electron chi connectivity index (χ2n) is 5.51. The fourth-order valence-electron chi connectivity index (χ4n) is 2.72. The third kappa shape index (κ3) is 2.62. The minimum absolute atomic E-state index is 0.136. The number of fused-ring (bicyclic) bond motifs is 3. The van der Waals surface area contributed by atoms with E-state index in [0.717, 1.165) is 23.7 Å². The van der Waals surface area contributed by atoms with E-state index in [1.807, 2.05) is 0 Å². The van der Waals surface area contributed by atoms with Crippen LogP contribution in [0.1, 0.15) is 15.9 Å². The summed E-state index contributed by atoms with van der Waals surface area (Å²) in [7, 11) is 0. The van der Waals surface area contributed by atoms with Crippen molar-refractivity contribution in [2.75, 3.05) is 0 Å². The van der Waals surface area contributed by atoms with Gasteiger partial charge < -0.3 is 5.11 Å². The molecule has 2 aromatic heterocycles. The Morgan fingerprint density at radius 2 is 1.92 bits per heavy atom. The van der Waals surface area contributed by atoms with Crippen LogP contribution in [0.2, 0.25) is 10.0 Å². The van der Waals surface area contributed by atoms with Gasteiger partial charge in [-0.05, 0) is 42.5 Å². The lowest BCUT2D eigenvalue weighted by molar-refractivity contribution is 0.103. The molecule has 0 atom stereocenters. The number of nitrogens with zero attached hydrogens (tertiary/aromatic N) is 2. The summed E-state index contributed by atoms with van der Waals surface area (Å²) < 4.78 is 15.1. The molecule has 0 saturated heterocycles. The quantitative estimate of drug-likeness (QED) is 0.509. The Morgan fingerprint density at radius 3 is 2.72 bits per heavy atom. The molecule has 4 nitrogen and oxygen atoms in total. The Morgan fingerprint density at radius 1 is 1.12 bits per heavy atom. The molecule has 0 aliphatic carbocycles. The number of phenolic OH excluding ortho intramolecular Hbond substituents is 1. The SMILES string of the molecule is O=C(c1cc(Cl)c2nc3cc(Cl)ccc3n2c1)c1cc(F)ccc1O. The van der Waals surface area contributed by atoms with Crippen molar-refractivity contribution in [3.8, 4) is 5.75 Å². The van der Waals surface area contributed by atoms with Crippen molar-refractivity contribution < 1.29 is 14.3 Å². The molecule has 4 rings (SSSR count). The van der Waals surface area contributed by atoms with Gasteiger partial charge in [-0.25, -0.2) is 9.37 Å². The molecule has 0 unspecified atom stereocenters. The van der Waals surface area contributed by atoms with Crippen LogP contribution in [0.15, 0.2) is 48.7 Å². The van der Waals surface area contributed by atoms with E-state index >= 15 is 0 Å². The molecule has 0 bridgehead atoms. The van der Waals surface area contributed by atoms with Gasteiger partial charge in [-0.1, -0.05) is 23.2 Å². The molecule has 0 radical (unpaired) electrons. The van der Waals surface area contributed by atoms with Gasteiger partial charge >= 0.3 is 0 Å². The number of pyridine rings is 1. The lowest BCUT2D eigenvalue weighted by Crippen LogP contribution is -2.04. The van der Waals surface area contributed by atoms with Crippen molar-refractivity contribution in [2.45, 2.75) is 0 Å². The zero-order valence-electron chi connectivity index (χ0n) is 12.5. The van der Waals surface area contributed by atoms with Gasteiger partial charge in [0.15, 0.2) is 11.4 Å². The molecule has 0 aliphatic heterocycles. The molecule has 2 aromatic carbocycles. The zero-order chi connectivity index (χ0) is 17.7. The molecule has 4 aromatic rings. The van der Waals surface area contributed by atoms with Crippen LogP contribution in [0.4, 0.5) is 4.39 Å². The van der Waals surface area contributed by atoms with E-state index in [9.17, 15) is 14.3 Å². The maximum Gasteiger partial charge on any atom is 0.198 e. The Bertz CT molecular complexity index is 1170. The summed E-state index contributed by atoms with van der Waals surface area (Å²) in [5.41, 5.74) is 1.89. The van der Waals surface area contributed by atoms with Gasteiger partial charge in [0, 0.05) is 16.8 Å². The van der Waals surface area contributed by atoms with Crippen molar-refractivity contribution in [1.29, 1.82) is 0 Å². The summed E-state index contributed by atoms with van der Waals surface area (Å²) in [6.07, 6.45) is 1.55. The summed E-state index contributed by atoms with van der Waals surface area (Å²) in [5.74, 6) is -1.46. The summed E-state index contributed by atoms with van der Waals surface area (Å²) in [4.78, 5) is 17.1. The van der Waals surface area contributed by atoms with Crippen molar-refractivity contribution in [2.24, 2.45) is 0 Å². The summed E-state index contributed by atoms with van der Waals surface area (Å²) in [6.45, 7) is 0. The number of benzene rings is 2. The average Bonchev–Trinajstić information content (AvgIpc) is 2.94. The van der Waals surface area contributed by atoms with Gasteiger partial charge in [-0.2, -0.15) is 0 Å². The van der Waals surface area contributed by atoms with Crippen LogP contribution in [0.5, 0.6) is 5.75 Å². The highest BCUT2D eigenvalue weighted by Gasteiger charge is 2.18. The summed E-state index contributed by atoms with van der Waals surface area (Å²) in [5, 5.41) is 10.7. The zero-order valence-corrected chi connectivity index (χ0v) is 14.0. The van der Waals surface area contributed by atoms with E-state index in [4.69, 9.17) is 23.2 Å². The van der Waals surface area contributed by atoms with E-state index in [1.165, 1.54) is 6.07 Å². The maximum atomic E-state index is 13.4. The number of hydrogen-bond donors (Lipinski definition) is 1. The monoisotopic (exact) mass is 374 g/mol. The highest BCUT2D eigenvalue weighted by atomic mass is 35.5. The molecular weight excluding hydrogens is 366 g/mol. The van der Waals surface area contributed by atoms with Crippen LogP contribution < -0.4 is 0 Å². The molecule has 0 fully saturated rings. The van der Waals surface area contributed by atoms with Crippen LogP contribution in [-0.4, -0.2) is 20.3 Å². The van der Waals surface area contributed by atoms with Crippen molar-refractivity contribution in [1.82, 2.24) is 9.38 Å². The van der Waals surface area contributed by atoms with Gasteiger partial charge in [0.05, 0.1) is 21.6 Å². The largest absolute Gasteiger partial charge is 0.507 e. The fourth-order valence-corrected chi connectivity index (χ4v) is 3.14. The minimum atomic E-state index is -0.615. The van der Waals surface area contributed by atoms with Crippen LogP contribution in [-0.2, 0) is 0 Å². The molecule has 7 heteroatoms. The number of carbonyl (C=O) groups is 1. The van der Waals surface area contributed by atoms with Crippen molar-refractivity contribution in [3.63, 3.8) is 0 Å². The Hall–Kier alpha value is -2.63. The molecule has 0 saturated carbocycles. The van der Waals surface area contributed by atoms with Gasteiger partial charge in [0.2, 0.25) is 0 Å². The van der Waals surface area contributed by atoms with E-state index in [1.54, 1.807) is 28.8 Å². The summed E-state index contributed by atoms with van der Waals surface area (Å²) in [6, 6.07) is 9.81. The smallest absolute Gasteiger partial charge is 0.198 e. The molecule has 0 amide bonds. The van der Waals surface area contributed by atoms with Gasteiger partial charge in [0.1, 0.15) is 11.6 Å². The standard InChI is InChI=1S/C18H9Cl2FN2O2/c19-10-1-3-15-14(6-10)22-18-13(20)5-9(8-23(15)18)17(25)12-7-11(21)2-4-16(12)24/h1-8,24H. The lowest BCUT2D eigenvalue weighted by Gasteiger charge is -2.06. The average molecular weight is 375 g/mol. The first-order valence-electron chi connectivity index (χ1n) is 7.24. The number of carbonyl (C=O) groups excluding carboxylic acids is 1. The highest BCUT2D eigenvalue weighted by molar-refractivity contribution is 6.34. The number of halogens is 3. The normalized spacial score (nSPS) is 11.3. The lowest BCUT2D eigenvalue weighted by atomic mass is 10.0. The second-order valence-corrected chi connectivity index (χ2v) is 6.35. The predicted octanol–water partition coefficient (Wildman–Crippen LogP) is 4.87. The fraction of sp³-hybridized carbons (Fsp3) is 0. The first-order valence-corrected chi connectivity index (χ1v) is 8.00. The van der Waals surface area contributed by atoms with Gasteiger partial charge in [-0.15, -0.1) is 0 Å². The van der Waals surface area contributed by atoms with Crippen molar-refractivity contribution in [3.05, 3.63) is 75.7 Å². The molecular formula is C18H9Cl2FN2O2.